The van der Waals surface area contributed by atoms with E-state index in [1.807, 2.05) is 27.7 Å². The average molecular weight is 200 g/mol. The molecule has 2 radical (unpaired) electrons. The van der Waals surface area contributed by atoms with Gasteiger partial charge in [-0.3, -0.25) is 0 Å². The normalized spacial score (nSPS) is 13.0. The van der Waals surface area contributed by atoms with Gasteiger partial charge in [-0.1, -0.05) is 25.6 Å². The van der Waals surface area contributed by atoms with Gasteiger partial charge in [-0.25, -0.2) is 0 Å². The van der Waals surface area contributed by atoms with E-state index in [9.17, 15) is 4.79 Å². The molecule has 4 heteroatoms. The van der Waals surface area contributed by atoms with E-state index in [0.29, 0.717) is 0 Å². The van der Waals surface area contributed by atoms with Crippen LogP contribution in [-0.2, 0) is 4.74 Å². The van der Waals surface area contributed by atoms with Crippen molar-refractivity contribution in [2.24, 2.45) is 0 Å². The standard InChI is InChI=1S/C9H17BO2S/c1-8(2,12-5)6-9(3,4)13-7(10)11/h6H2,1-5H3. The highest BCUT2D eigenvalue weighted by molar-refractivity contribution is 8.17. The summed E-state index contributed by atoms with van der Waals surface area (Å²) in [5, 5.41) is -0.336. The van der Waals surface area contributed by atoms with Gasteiger partial charge >= 0.3 is 0 Å². The number of methoxy groups -OCH3 is 1. The Morgan fingerprint density at radius 1 is 1.38 bits per heavy atom. The molecular weight excluding hydrogens is 183 g/mol. The molecule has 0 fully saturated rings. The molecule has 0 saturated heterocycles. The molecule has 0 aliphatic rings. The quantitative estimate of drug-likeness (QED) is 0.652. The fraction of sp³-hybridized carbons (Fsp3) is 0.889. The third-order valence-corrected chi connectivity index (χ3v) is 2.68. The highest BCUT2D eigenvalue weighted by Crippen LogP contribution is 2.34. The molecule has 0 aliphatic heterocycles. The van der Waals surface area contributed by atoms with Gasteiger partial charge in [-0.05, 0) is 20.3 Å². The Morgan fingerprint density at radius 3 is 2.15 bits per heavy atom. The van der Waals surface area contributed by atoms with Crippen molar-refractivity contribution >= 4 is 24.6 Å². The van der Waals surface area contributed by atoms with Gasteiger partial charge in [-0.2, -0.15) is 0 Å². The molecule has 2 nitrogen and oxygen atoms in total. The molecule has 0 saturated carbocycles. The fourth-order valence-corrected chi connectivity index (χ4v) is 2.37. The largest absolute Gasteiger partial charge is 0.379 e. The molecule has 0 heterocycles. The smallest absolute Gasteiger partial charge is 0.184 e. The van der Waals surface area contributed by atoms with Crippen LogP contribution >= 0.6 is 11.8 Å². The first-order valence-corrected chi connectivity index (χ1v) is 5.04. The fourth-order valence-electron chi connectivity index (χ4n) is 1.41. The molecule has 74 valence electrons. The van der Waals surface area contributed by atoms with Crippen LogP contribution in [0.15, 0.2) is 0 Å². The Morgan fingerprint density at radius 2 is 1.85 bits per heavy atom. The third-order valence-electron chi connectivity index (χ3n) is 1.78. The SMILES string of the molecule is [B]C(=O)SC(C)(C)CC(C)(C)OC. The van der Waals surface area contributed by atoms with Crippen LogP contribution in [0.25, 0.3) is 0 Å². The molecule has 0 spiro atoms. The van der Waals surface area contributed by atoms with Crippen molar-refractivity contribution in [1.82, 2.24) is 0 Å². The summed E-state index contributed by atoms with van der Waals surface area (Å²) in [6.07, 6.45) is 0.782. The van der Waals surface area contributed by atoms with Crippen LogP contribution in [0.4, 0.5) is 4.79 Å². The zero-order chi connectivity index (χ0) is 10.7. The number of carbonyl (C=O) groups excluding carboxylic acids is 1. The van der Waals surface area contributed by atoms with E-state index in [-0.39, 0.29) is 15.4 Å². The molecule has 0 rings (SSSR count). The van der Waals surface area contributed by atoms with Crippen molar-refractivity contribution in [2.75, 3.05) is 7.11 Å². The van der Waals surface area contributed by atoms with Gasteiger partial charge in [0.05, 0.1) is 5.60 Å². The van der Waals surface area contributed by atoms with Gasteiger partial charge < -0.3 is 9.53 Å². The van der Waals surface area contributed by atoms with Crippen LogP contribution in [0, 0.1) is 0 Å². The molecule has 0 aliphatic carbocycles. The summed E-state index contributed by atoms with van der Waals surface area (Å²) in [7, 11) is 6.79. The summed E-state index contributed by atoms with van der Waals surface area (Å²) < 4.78 is 5.11. The van der Waals surface area contributed by atoms with E-state index in [1.165, 1.54) is 0 Å². The van der Waals surface area contributed by atoms with E-state index >= 15 is 0 Å². The van der Waals surface area contributed by atoms with Crippen molar-refractivity contribution in [2.45, 2.75) is 44.5 Å². The summed E-state index contributed by atoms with van der Waals surface area (Å²) in [6, 6.07) is 0. The number of hydrogen-bond donors (Lipinski definition) is 0. The molecule has 0 N–H and O–H groups in total. The van der Waals surface area contributed by atoms with E-state index in [1.54, 1.807) is 7.11 Å². The first-order chi connectivity index (χ1) is 5.68. The maximum absolute atomic E-state index is 10.7. The first-order valence-electron chi connectivity index (χ1n) is 4.22. The number of ether oxygens (including phenoxy) is 1. The number of rotatable bonds is 4. The summed E-state index contributed by atoms with van der Waals surface area (Å²) in [6.45, 7) is 7.97. The van der Waals surface area contributed by atoms with E-state index in [2.05, 4.69) is 0 Å². The van der Waals surface area contributed by atoms with Crippen molar-refractivity contribution in [3.8, 4) is 0 Å². The molecular formula is C9H17BO2S. The first kappa shape index (κ1) is 13.0. The molecule has 13 heavy (non-hydrogen) atoms. The zero-order valence-electron chi connectivity index (χ0n) is 9.01. The maximum Gasteiger partial charge on any atom is 0.184 e. The Kier molecular flexibility index (Phi) is 4.53. The van der Waals surface area contributed by atoms with Gasteiger partial charge in [0.15, 0.2) is 7.85 Å². The summed E-state index contributed by atoms with van der Waals surface area (Å²) >= 11 is 1.16. The minimum absolute atomic E-state index is 0.175. The van der Waals surface area contributed by atoms with Crippen LogP contribution in [0.1, 0.15) is 34.1 Å². The molecule has 0 aromatic carbocycles. The van der Waals surface area contributed by atoms with Gasteiger partial charge in [-0.15, -0.1) is 0 Å². The van der Waals surface area contributed by atoms with Crippen molar-refractivity contribution in [1.29, 1.82) is 0 Å². The van der Waals surface area contributed by atoms with Gasteiger partial charge in [0.25, 0.3) is 0 Å². The average Bonchev–Trinajstić information content (AvgIpc) is 1.81. The lowest BCUT2D eigenvalue weighted by Gasteiger charge is -2.32. The highest BCUT2D eigenvalue weighted by atomic mass is 32.2. The Hall–Kier alpha value is 0.0449. The second-order valence-corrected chi connectivity index (χ2v) is 6.03. The van der Waals surface area contributed by atoms with E-state index in [0.717, 1.165) is 18.2 Å². The molecule has 0 amide bonds. The Bertz CT molecular complexity index is 190. The minimum Gasteiger partial charge on any atom is -0.379 e. The predicted octanol–water partition coefficient (Wildman–Crippen LogP) is 2.60. The van der Waals surface area contributed by atoms with Crippen LogP contribution in [0.5, 0.6) is 0 Å². The van der Waals surface area contributed by atoms with Crippen molar-refractivity contribution < 1.29 is 9.53 Å². The molecule has 0 aromatic heterocycles. The molecule has 0 unspecified atom stereocenters. The lowest BCUT2D eigenvalue weighted by molar-refractivity contribution is 0.00958. The van der Waals surface area contributed by atoms with Gasteiger partial charge in [0.2, 0.25) is 0 Å². The number of hydrogen-bond acceptors (Lipinski definition) is 3. The molecule has 0 bridgehead atoms. The van der Waals surface area contributed by atoms with E-state index in [4.69, 9.17) is 12.6 Å². The van der Waals surface area contributed by atoms with E-state index < -0.39 is 0 Å². The molecule has 0 aromatic rings. The van der Waals surface area contributed by atoms with Crippen LogP contribution in [-0.4, -0.2) is 30.3 Å². The number of thioether (sulfide) groups is 1. The second-order valence-electron chi connectivity index (χ2n) is 4.32. The highest BCUT2D eigenvalue weighted by Gasteiger charge is 2.30. The Balaban J connectivity index is 4.24. The van der Waals surface area contributed by atoms with Crippen molar-refractivity contribution in [3.05, 3.63) is 0 Å². The van der Waals surface area contributed by atoms with Crippen LogP contribution in [0.2, 0.25) is 0 Å². The lowest BCUT2D eigenvalue weighted by atomic mass is 9.95. The molecule has 0 atom stereocenters. The summed E-state index contributed by atoms with van der Waals surface area (Å²) in [5.41, 5.74) is -0.216. The minimum atomic E-state index is -0.336. The number of carbonyl (C=O) groups is 1. The predicted molar refractivity (Wildman–Crippen MR) is 58.5 cm³/mol. The third kappa shape index (κ3) is 6.16. The van der Waals surface area contributed by atoms with Crippen LogP contribution < -0.4 is 0 Å². The zero-order valence-corrected chi connectivity index (χ0v) is 9.83. The topological polar surface area (TPSA) is 26.3 Å². The van der Waals surface area contributed by atoms with Gasteiger partial charge in [0.1, 0.15) is 5.01 Å². The second kappa shape index (κ2) is 4.51. The monoisotopic (exact) mass is 200 g/mol. The summed E-state index contributed by atoms with van der Waals surface area (Å²) in [5.74, 6) is 0. The van der Waals surface area contributed by atoms with Gasteiger partial charge in [0, 0.05) is 11.9 Å². The lowest BCUT2D eigenvalue weighted by Crippen LogP contribution is -2.33. The maximum atomic E-state index is 10.7. The summed E-state index contributed by atoms with van der Waals surface area (Å²) in [4.78, 5) is 10.7. The van der Waals surface area contributed by atoms with Crippen LogP contribution in [0.3, 0.4) is 0 Å². The Labute approximate surface area is 86.2 Å². The van der Waals surface area contributed by atoms with Crippen molar-refractivity contribution in [3.63, 3.8) is 0 Å².